The summed E-state index contributed by atoms with van der Waals surface area (Å²) in [7, 11) is 0. The number of hydrogen-bond donors (Lipinski definition) is 1. The molecule has 1 N–H and O–H groups in total. The van der Waals surface area contributed by atoms with Gasteiger partial charge in [0.15, 0.2) is 0 Å². The molecular weight excluding hydrogens is 331 g/mol. The van der Waals surface area contributed by atoms with Crippen molar-refractivity contribution in [2.24, 2.45) is 0 Å². The largest absolute Gasteiger partial charge is 0.493 e. The summed E-state index contributed by atoms with van der Waals surface area (Å²) in [6.07, 6.45) is 1.40. The zero-order valence-electron chi connectivity index (χ0n) is 12.8. The highest BCUT2D eigenvalue weighted by Gasteiger charge is 2.12. The smallest absolute Gasteiger partial charge is 0.266 e. The Bertz CT molecular complexity index is 811. The number of nitrogens with zero attached hydrogens (tertiary/aromatic N) is 1. The molecule has 2 aromatic carbocycles. The van der Waals surface area contributed by atoms with Gasteiger partial charge in [0.1, 0.15) is 23.2 Å². The van der Waals surface area contributed by atoms with Gasteiger partial charge >= 0.3 is 0 Å². The van der Waals surface area contributed by atoms with Gasteiger partial charge in [-0.25, -0.2) is 4.39 Å². The zero-order valence-corrected chi connectivity index (χ0v) is 13.6. The van der Waals surface area contributed by atoms with Gasteiger partial charge in [-0.05, 0) is 55.5 Å². The fourth-order valence-corrected chi connectivity index (χ4v) is 2.14. The van der Waals surface area contributed by atoms with E-state index in [0.29, 0.717) is 28.6 Å². The van der Waals surface area contributed by atoms with Gasteiger partial charge in [-0.1, -0.05) is 11.6 Å². The second kappa shape index (κ2) is 8.14. The summed E-state index contributed by atoms with van der Waals surface area (Å²) in [5.41, 5.74) is 0.788. The Morgan fingerprint density at radius 1 is 1.33 bits per heavy atom. The third-order valence-electron chi connectivity index (χ3n) is 3.04. The highest BCUT2D eigenvalue weighted by Crippen LogP contribution is 2.25. The van der Waals surface area contributed by atoms with Crippen molar-refractivity contribution in [2.75, 3.05) is 11.9 Å². The molecule has 4 nitrogen and oxygen atoms in total. The number of halogens is 2. The summed E-state index contributed by atoms with van der Waals surface area (Å²) >= 11 is 5.96. The fraction of sp³-hybridized carbons (Fsp3) is 0.111. The van der Waals surface area contributed by atoms with Crippen LogP contribution in [0.4, 0.5) is 10.1 Å². The van der Waals surface area contributed by atoms with Crippen LogP contribution in [-0.2, 0) is 4.79 Å². The number of nitriles is 1. The molecule has 0 spiro atoms. The second-order valence-corrected chi connectivity index (χ2v) is 5.18. The van der Waals surface area contributed by atoms with Crippen molar-refractivity contribution in [2.45, 2.75) is 6.92 Å². The zero-order chi connectivity index (χ0) is 17.5. The highest BCUT2D eigenvalue weighted by atomic mass is 35.5. The first-order chi connectivity index (χ1) is 11.5. The predicted octanol–water partition coefficient (Wildman–Crippen LogP) is 4.42. The Kier molecular flexibility index (Phi) is 5.94. The predicted molar refractivity (Wildman–Crippen MR) is 91.2 cm³/mol. The number of rotatable bonds is 5. The maximum Gasteiger partial charge on any atom is 0.266 e. The third kappa shape index (κ3) is 4.58. The highest BCUT2D eigenvalue weighted by molar-refractivity contribution is 6.30. The Balaban J connectivity index is 2.28. The third-order valence-corrected chi connectivity index (χ3v) is 3.27. The van der Waals surface area contributed by atoms with E-state index < -0.39 is 11.7 Å². The van der Waals surface area contributed by atoms with Crippen LogP contribution in [0.5, 0.6) is 5.75 Å². The van der Waals surface area contributed by atoms with Crippen LogP contribution in [0.1, 0.15) is 12.5 Å². The van der Waals surface area contributed by atoms with Crippen LogP contribution < -0.4 is 10.1 Å². The SMILES string of the molecule is CCOc1ccc(Cl)cc1/C=C(\C#N)C(=O)Nc1ccc(F)cc1. The van der Waals surface area contributed by atoms with E-state index in [4.69, 9.17) is 16.3 Å². The van der Waals surface area contributed by atoms with Crippen LogP contribution in [0.25, 0.3) is 6.08 Å². The first-order valence-electron chi connectivity index (χ1n) is 7.14. The Morgan fingerprint density at radius 2 is 2.04 bits per heavy atom. The molecule has 0 aliphatic rings. The fourth-order valence-electron chi connectivity index (χ4n) is 1.95. The molecule has 0 saturated heterocycles. The van der Waals surface area contributed by atoms with E-state index in [9.17, 15) is 14.4 Å². The van der Waals surface area contributed by atoms with Gasteiger partial charge in [-0.2, -0.15) is 5.26 Å². The molecule has 122 valence electrons. The standard InChI is InChI=1S/C18H14ClFN2O2/c1-2-24-17-8-3-14(19)10-12(17)9-13(11-21)18(23)22-16-6-4-15(20)5-7-16/h3-10H,2H2,1H3,(H,22,23)/b13-9+. The summed E-state index contributed by atoms with van der Waals surface area (Å²) in [6.45, 7) is 2.26. The second-order valence-electron chi connectivity index (χ2n) is 4.75. The van der Waals surface area contributed by atoms with Crippen LogP contribution in [0.15, 0.2) is 48.0 Å². The molecule has 2 rings (SSSR count). The number of carbonyl (C=O) groups is 1. The van der Waals surface area contributed by atoms with Crippen molar-refractivity contribution >= 4 is 29.3 Å². The first-order valence-corrected chi connectivity index (χ1v) is 7.52. The molecule has 0 heterocycles. The van der Waals surface area contributed by atoms with Gasteiger partial charge in [-0.3, -0.25) is 4.79 Å². The van der Waals surface area contributed by atoms with Gasteiger partial charge in [0.05, 0.1) is 6.61 Å². The van der Waals surface area contributed by atoms with Crippen LogP contribution in [0, 0.1) is 17.1 Å². The molecule has 1 amide bonds. The number of hydrogen-bond acceptors (Lipinski definition) is 3. The number of carbonyl (C=O) groups excluding carboxylic acids is 1. The lowest BCUT2D eigenvalue weighted by molar-refractivity contribution is -0.112. The number of amides is 1. The van der Waals surface area contributed by atoms with Gasteiger partial charge in [0.2, 0.25) is 0 Å². The Morgan fingerprint density at radius 3 is 2.67 bits per heavy atom. The average Bonchev–Trinajstić information content (AvgIpc) is 2.57. The average molecular weight is 345 g/mol. The molecule has 0 unspecified atom stereocenters. The minimum absolute atomic E-state index is 0.123. The lowest BCUT2D eigenvalue weighted by Crippen LogP contribution is -2.13. The van der Waals surface area contributed by atoms with Crippen LogP contribution in [0.3, 0.4) is 0 Å². The van der Waals surface area contributed by atoms with E-state index in [1.54, 1.807) is 18.2 Å². The molecular formula is C18H14ClFN2O2. The first kappa shape index (κ1) is 17.5. The molecule has 0 fully saturated rings. The lowest BCUT2D eigenvalue weighted by Gasteiger charge is -2.08. The summed E-state index contributed by atoms with van der Waals surface area (Å²) in [5, 5.41) is 12.3. The van der Waals surface area contributed by atoms with Crippen LogP contribution in [0.2, 0.25) is 5.02 Å². The van der Waals surface area contributed by atoms with Crippen molar-refractivity contribution in [1.29, 1.82) is 5.26 Å². The van der Waals surface area contributed by atoms with Crippen molar-refractivity contribution in [3.63, 3.8) is 0 Å². The summed E-state index contributed by atoms with van der Waals surface area (Å²) in [4.78, 5) is 12.2. The molecule has 0 aliphatic heterocycles. The van der Waals surface area contributed by atoms with Gasteiger partial charge in [-0.15, -0.1) is 0 Å². The topological polar surface area (TPSA) is 62.1 Å². The normalized spacial score (nSPS) is 10.8. The lowest BCUT2D eigenvalue weighted by atomic mass is 10.1. The molecule has 0 radical (unpaired) electrons. The minimum Gasteiger partial charge on any atom is -0.493 e. The number of nitrogens with one attached hydrogen (secondary N) is 1. The monoisotopic (exact) mass is 344 g/mol. The summed E-state index contributed by atoms with van der Waals surface area (Å²) in [5.74, 6) is -0.500. The van der Waals surface area contributed by atoms with Crippen molar-refractivity contribution in [3.8, 4) is 11.8 Å². The van der Waals surface area contributed by atoms with Crippen LogP contribution >= 0.6 is 11.6 Å². The van der Waals surface area contributed by atoms with Gasteiger partial charge in [0.25, 0.3) is 5.91 Å². The van der Waals surface area contributed by atoms with E-state index in [1.807, 2.05) is 13.0 Å². The quantitative estimate of drug-likeness (QED) is 0.645. The van der Waals surface area contributed by atoms with Gasteiger partial charge in [0, 0.05) is 16.3 Å². The molecule has 0 aliphatic carbocycles. The molecule has 0 aromatic heterocycles. The number of anilines is 1. The molecule has 2 aromatic rings. The minimum atomic E-state index is -0.605. The number of benzene rings is 2. The van der Waals surface area contributed by atoms with Crippen LogP contribution in [-0.4, -0.2) is 12.5 Å². The molecule has 24 heavy (non-hydrogen) atoms. The van der Waals surface area contributed by atoms with Crippen molar-refractivity contribution < 1.29 is 13.9 Å². The number of ether oxygens (including phenoxy) is 1. The van der Waals surface area contributed by atoms with E-state index in [2.05, 4.69) is 5.32 Å². The molecule has 0 saturated carbocycles. The molecule has 0 atom stereocenters. The summed E-state index contributed by atoms with van der Waals surface area (Å²) in [6, 6.07) is 12.0. The van der Waals surface area contributed by atoms with E-state index >= 15 is 0 Å². The van der Waals surface area contributed by atoms with E-state index in [0.717, 1.165) is 0 Å². The van der Waals surface area contributed by atoms with Crippen molar-refractivity contribution in [1.82, 2.24) is 0 Å². The maximum atomic E-state index is 12.9. The van der Waals surface area contributed by atoms with E-state index in [-0.39, 0.29) is 5.57 Å². The summed E-state index contributed by atoms with van der Waals surface area (Å²) < 4.78 is 18.4. The Labute approximate surface area is 144 Å². The maximum absolute atomic E-state index is 12.9. The molecule has 6 heteroatoms. The van der Waals surface area contributed by atoms with Crippen molar-refractivity contribution in [3.05, 3.63) is 64.4 Å². The van der Waals surface area contributed by atoms with E-state index in [1.165, 1.54) is 30.3 Å². The Hall–Kier alpha value is -2.84. The molecule has 0 bridgehead atoms. The van der Waals surface area contributed by atoms with Gasteiger partial charge < -0.3 is 10.1 Å².